The van der Waals surface area contributed by atoms with Crippen LogP contribution < -0.4 is 0 Å². The predicted molar refractivity (Wildman–Crippen MR) is 268 cm³/mol. The zero-order valence-corrected chi connectivity index (χ0v) is 43.1. The average molecular weight is 1120 g/mol. The first-order chi connectivity index (χ1) is 17.4. The molecule has 35 heavy (non-hydrogen) atoms. The summed E-state index contributed by atoms with van der Waals surface area (Å²) in [6, 6.07) is 0. The van der Waals surface area contributed by atoms with Gasteiger partial charge in [-0.2, -0.15) is 0 Å². The molecule has 0 nitrogen and oxygen atoms in total. The van der Waals surface area contributed by atoms with Gasteiger partial charge in [-0.05, 0) is 157 Å². The second-order valence-electron chi connectivity index (χ2n) is 2.26. The number of rotatable bonds is 32. The highest BCUT2D eigenvalue weighted by Crippen LogP contribution is 2.67. The SMILES string of the molecule is SSSSSSSSSSSSSSSSSSSSSSSSSSSSSSSSSSS. The summed E-state index contributed by atoms with van der Waals surface area (Å²) in [7, 11) is 58.8. The summed E-state index contributed by atoms with van der Waals surface area (Å²) in [5.41, 5.74) is 0. The normalized spacial score (nSPS) is 11.5. The summed E-state index contributed by atoms with van der Waals surface area (Å²) in [5, 5.41) is 0. The van der Waals surface area contributed by atoms with E-state index in [-0.39, 0.29) is 0 Å². The monoisotopic (exact) mass is 1120 g/mol. The molecule has 0 aromatic rings. The molecule has 0 spiro atoms. The number of thiol groups is 2. The van der Waals surface area contributed by atoms with Crippen molar-refractivity contribution in [2.45, 2.75) is 0 Å². The van der Waals surface area contributed by atoms with E-state index in [1.807, 2.05) is 206 Å². The molecule has 0 saturated heterocycles. The topological polar surface area (TPSA) is 0 Å². The highest BCUT2D eigenvalue weighted by molar-refractivity contribution is 9.61. The minimum absolute atomic E-state index is 1.48. The Morgan fingerprint density at radius 3 is 0.314 bits per heavy atom. The number of hydrogen-bond donors (Lipinski definition) is 2. The van der Waals surface area contributed by atoms with Gasteiger partial charge in [0.15, 0.2) is 0 Å². The summed E-state index contributed by atoms with van der Waals surface area (Å²) in [6.07, 6.45) is 0. The van der Waals surface area contributed by atoms with Gasteiger partial charge < -0.3 is 0 Å². The fraction of sp³-hybridized carbons (Fsp3) is 0. The van der Waals surface area contributed by atoms with Gasteiger partial charge >= 0.3 is 0 Å². The molecule has 0 unspecified atom stereocenters. The Hall–Kier alpha value is 12.2. The summed E-state index contributed by atoms with van der Waals surface area (Å²) < 4.78 is 0. The molecule has 0 aromatic heterocycles. The molecule has 212 valence electrons. The van der Waals surface area contributed by atoms with Crippen LogP contribution in [0, 0.1) is 0 Å². The molecule has 0 aromatic carbocycles. The molecule has 0 rings (SSSR count). The lowest BCUT2D eigenvalue weighted by Gasteiger charge is -1.99. The van der Waals surface area contributed by atoms with Crippen molar-refractivity contribution in [2.24, 2.45) is 0 Å². The van der Waals surface area contributed by atoms with Crippen LogP contribution in [0.25, 0.3) is 0 Å². The van der Waals surface area contributed by atoms with E-state index < -0.39 is 0 Å². The molecule has 0 heterocycles. The van der Waals surface area contributed by atoms with E-state index in [0.717, 1.165) is 0 Å². The summed E-state index contributed by atoms with van der Waals surface area (Å²) >= 11 is 8.16. The van der Waals surface area contributed by atoms with E-state index in [4.69, 9.17) is 0 Å². The minimum atomic E-state index is 1.48. The maximum absolute atomic E-state index is 4.08. The lowest BCUT2D eigenvalue weighted by molar-refractivity contribution is 5.60. The van der Waals surface area contributed by atoms with Crippen LogP contribution in [0.4, 0.5) is 0 Å². The third-order valence-electron chi connectivity index (χ3n) is 0.894. The molecule has 0 aliphatic rings. The Bertz CT molecular complexity index is 301. The van der Waals surface area contributed by atoms with Crippen molar-refractivity contribution < 1.29 is 0 Å². The molecule has 0 bridgehead atoms. The standard InChI is InChI=1S/H2S35/c1-3-5-7-9-11-13-15-17-19-21-23-25-27-29-31-33-35-34-32-30-28-26-24-22-20-18-16-14-12-10-8-6-4-2/h1-2H. The minimum Gasteiger partial charge on any atom is -0.0988 e. The quantitative estimate of drug-likeness (QED) is 0.0373. The maximum atomic E-state index is 4.08. The van der Waals surface area contributed by atoms with Gasteiger partial charge in [0.05, 0.1) is 0 Å². The first-order valence-corrected chi connectivity index (χ1v) is 51.3. The van der Waals surface area contributed by atoms with Gasteiger partial charge in [-0.1, -0.05) is 23.3 Å². The van der Waals surface area contributed by atoms with Crippen molar-refractivity contribution in [3.63, 3.8) is 0 Å². The van der Waals surface area contributed by atoms with Crippen molar-refractivity contribution in [1.82, 2.24) is 0 Å². The molecule has 35 heteroatoms. The molecule has 0 amide bonds. The van der Waals surface area contributed by atoms with Crippen LogP contribution in [0.1, 0.15) is 0 Å². The van der Waals surface area contributed by atoms with Gasteiger partial charge in [0, 0.05) is 167 Å². The van der Waals surface area contributed by atoms with Crippen LogP contribution in [-0.2, 0) is 0 Å². The molecule has 0 radical (unpaired) electrons. The van der Waals surface area contributed by atoms with Crippen LogP contribution in [0.2, 0.25) is 0 Å². The van der Waals surface area contributed by atoms with Crippen molar-refractivity contribution in [1.29, 1.82) is 0 Å². The largest absolute Gasteiger partial charge is 0.0988 e. The van der Waals surface area contributed by atoms with Crippen LogP contribution >= 0.6 is 348 Å². The van der Waals surface area contributed by atoms with Crippen LogP contribution in [0.15, 0.2) is 0 Å². The van der Waals surface area contributed by atoms with Crippen LogP contribution in [0.5, 0.6) is 0 Å². The van der Waals surface area contributed by atoms with Crippen molar-refractivity contribution >= 4 is 348 Å². The molecular formula is H2S35. The van der Waals surface area contributed by atoms with Crippen molar-refractivity contribution in [2.75, 3.05) is 0 Å². The van der Waals surface area contributed by atoms with Crippen LogP contribution in [-0.4, -0.2) is 0 Å². The lowest BCUT2D eigenvalue weighted by Crippen LogP contribution is -1.34. The highest BCUT2D eigenvalue weighted by Gasteiger charge is 2.02. The Morgan fingerprint density at radius 1 is 0.143 bits per heavy atom. The third-order valence-corrected chi connectivity index (χ3v) is 72.4. The Morgan fingerprint density at radius 2 is 0.229 bits per heavy atom. The highest BCUT2D eigenvalue weighted by atomic mass is 34.1. The van der Waals surface area contributed by atoms with Crippen LogP contribution in [0.3, 0.4) is 0 Å². The first-order valence-electron chi connectivity index (χ1n) is 5.70. The molecule has 0 saturated carbocycles. The maximum Gasteiger partial charge on any atom is 0 e. The summed E-state index contributed by atoms with van der Waals surface area (Å²) in [6.45, 7) is 0. The van der Waals surface area contributed by atoms with E-state index in [2.05, 4.69) is 23.3 Å². The van der Waals surface area contributed by atoms with E-state index in [1.54, 1.807) is 98.3 Å². The lowest BCUT2D eigenvalue weighted by atomic mass is 30.1. The Balaban J connectivity index is 3.00. The van der Waals surface area contributed by atoms with E-state index in [0.29, 0.717) is 0 Å². The molecule has 0 aliphatic carbocycles. The molecule has 0 aliphatic heterocycles. The molecular weight excluding hydrogens is 1120 g/mol. The van der Waals surface area contributed by atoms with Crippen molar-refractivity contribution in [3.05, 3.63) is 0 Å². The molecule has 0 N–H and O–H groups in total. The number of hydrogen-bond acceptors (Lipinski definition) is 35. The average Bonchev–Trinajstić information content (AvgIpc) is 2.87. The van der Waals surface area contributed by atoms with E-state index >= 15 is 0 Å². The fourth-order valence-corrected chi connectivity index (χ4v) is 86.0. The smallest absolute Gasteiger partial charge is 0 e. The van der Waals surface area contributed by atoms with Gasteiger partial charge in [-0.15, -0.1) is 0 Å². The first kappa shape index (κ1) is 47.2. The van der Waals surface area contributed by atoms with Crippen molar-refractivity contribution in [3.8, 4) is 0 Å². The van der Waals surface area contributed by atoms with Gasteiger partial charge in [-0.25, -0.2) is 0 Å². The fourth-order valence-electron chi connectivity index (χ4n) is 0.354. The zero-order valence-electron chi connectivity index (χ0n) is 14.4. The van der Waals surface area contributed by atoms with Gasteiger partial charge in [0.25, 0.3) is 0 Å². The van der Waals surface area contributed by atoms with Gasteiger partial charge in [0.2, 0.25) is 0 Å². The van der Waals surface area contributed by atoms with E-state index in [1.165, 1.54) is 19.7 Å². The Labute approximate surface area is 338 Å². The second-order valence-corrected chi connectivity index (χ2v) is 61.0. The Kier molecular flexibility index (Phi) is 62.4. The summed E-state index contributed by atoms with van der Waals surface area (Å²) in [5.74, 6) is 0. The second kappa shape index (κ2) is 46.2. The summed E-state index contributed by atoms with van der Waals surface area (Å²) in [4.78, 5) is 0. The molecule has 0 atom stereocenters. The van der Waals surface area contributed by atoms with E-state index in [9.17, 15) is 0 Å². The molecule has 0 fully saturated rings. The third kappa shape index (κ3) is 46.2. The van der Waals surface area contributed by atoms with Gasteiger partial charge in [0.1, 0.15) is 0 Å². The predicted octanol–water partition coefficient (Wildman–Crippen LogP) is 22.2. The zero-order chi connectivity index (χ0) is 25.3. The van der Waals surface area contributed by atoms with Gasteiger partial charge in [-0.3, -0.25) is 0 Å².